The van der Waals surface area contributed by atoms with Crippen LogP contribution in [0.4, 0.5) is 0 Å². The number of esters is 1. The predicted molar refractivity (Wildman–Crippen MR) is 92.4 cm³/mol. The van der Waals surface area contributed by atoms with Gasteiger partial charge in [-0.1, -0.05) is 0 Å². The van der Waals surface area contributed by atoms with Crippen LogP contribution in [0.5, 0.6) is 11.5 Å². The van der Waals surface area contributed by atoms with E-state index >= 15 is 0 Å². The molecule has 0 saturated carbocycles. The highest BCUT2D eigenvalue weighted by Crippen LogP contribution is 2.40. The lowest BCUT2D eigenvalue weighted by Crippen LogP contribution is -2.41. The molecule has 1 aromatic heterocycles. The lowest BCUT2D eigenvalue weighted by molar-refractivity contribution is -0.141. The van der Waals surface area contributed by atoms with E-state index in [4.69, 9.17) is 18.6 Å². The van der Waals surface area contributed by atoms with Crippen molar-refractivity contribution >= 4 is 11.9 Å². The molecule has 26 heavy (non-hydrogen) atoms. The summed E-state index contributed by atoms with van der Waals surface area (Å²) in [5, 5.41) is 0. The zero-order valence-corrected chi connectivity index (χ0v) is 15.0. The molecule has 7 nitrogen and oxygen atoms in total. The Labute approximate surface area is 151 Å². The molecule has 1 aliphatic heterocycles. The van der Waals surface area contributed by atoms with Gasteiger partial charge in [-0.3, -0.25) is 9.59 Å². The largest absolute Gasteiger partial charge is 0.493 e. The van der Waals surface area contributed by atoms with Crippen molar-refractivity contribution in [2.75, 3.05) is 27.9 Å². The average Bonchev–Trinajstić information content (AvgIpc) is 3.21. The Morgan fingerprint density at radius 1 is 1.19 bits per heavy atom. The van der Waals surface area contributed by atoms with Gasteiger partial charge >= 0.3 is 5.97 Å². The van der Waals surface area contributed by atoms with E-state index in [-0.39, 0.29) is 18.1 Å². The monoisotopic (exact) mass is 359 g/mol. The lowest BCUT2D eigenvalue weighted by atomic mass is 9.89. The minimum atomic E-state index is -0.469. The number of hydrogen-bond acceptors (Lipinski definition) is 6. The molecule has 1 amide bonds. The number of amides is 1. The number of furan rings is 1. The smallest absolute Gasteiger partial charge is 0.307 e. The second-order valence-electron chi connectivity index (χ2n) is 5.93. The van der Waals surface area contributed by atoms with Crippen molar-refractivity contribution in [3.8, 4) is 11.5 Å². The van der Waals surface area contributed by atoms with Gasteiger partial charge in [-0.15, -0.1) is 0 Å². The van der Waals surface area contributed by atoms with Crippen molar-refractivity contribution < 1.29 is 28.2 Å². The molecule has 2 heterocycles. The van der Waals surface area contributed by atoms with E-state index in [1.54, 1.807) is 31.3 Å². The topological polar surface area (TPSA) is 78.2 Å². The van der Waals surface area contributed by atoms with E-state index in [1.165, 1.54) is 13.4 Å². The average molecular weight is 359 g/mol. The van der Waals surface area contributed by atoms with Crippen LogP contribution in [0.15, 0.2) is 34.9 Å². The van der Waals surface area contributed by atoms with Crippen molar-refractivity contribution in [3.05, 3.63) is 47.4 Å². The molecular weight excluding hydrogens is 338 g/mol. The van der Waals surface area contributed by atoms with E-state index in [9.17, 15) is 9.59 Å². The number of ether oxygens (including phenoxy) is 3. The van der Waals surface area contributed by atoms with Gasteiger partial charge in [-0.25, -0.2) is 0 Å². The molecule has 0 N–H and O–H groups in total. The summed E-state index contributed by atoms with van der Waals surface area (Å²) in [5.41, 5.74) is 1.86. The molecule has 1 atom stereocenters. The van der Waals surface area contributed by atoms with Gasteiger partial charge in [-0.2, -0.15) is 0 Å². The Morgan fingerprint density at radius 2 is 1.92 bits per heavy atom. The third-order valence-corrected chi connectivity index (χ3v) is 4.58. The number of hydrogen-bond donors (Lipinski definition) is 0. The van der Waals surface area contributed by atoms with Crippen molar-refractivity contribution in [1.82, 2.24) is 4.90 Å². The number of rotatable bonds is 5. The Balaban J connectivity index is 2.03. The summed E-state index contributed by atoms with van der Waals surface area (Å²) in [5.74, 6) is 0.755. The zero-order chi connectivity index (χ0) is 18.7. The van der Waals surface area contributed by atoms with Gasteiger partial charge in [0, 0.05) is 6.54 Å². The molecule has 2 aromatic rings. The highest BCUT2D eigenvalue weighted by molar-refractivity contribution is 5.92. The van der Waals surface area contributed by atoms with E-state index < -0.39 is 12.0 Å². The number of carbonyl (C=O) groups is 2. The van der Waals surface area contributed by atoms with Gasteiger partial charge in [-0.05, 0) is 41.8 Å². The number of methoxy groups -OCH3 is 3. The minimum Gasteiger partial charge on any atom is -0.493 e. The molecule has 1 unspecified atom stereocenters. The van der Waals surface area contributed by atoms with Gasteiger partial charge in [0.15, 0.2) is 17.3 Å². The van der Waals surface area contributed by atoms with Gasteiger partial charge in [0.05, 0.1) is 40.1 Å². The first kappa shape index (κ1) is 17.8. The molecule has 138 valence electrons. The predicted octanol–water partition coefficient (Wildman–Crippen LogP) is 2.60. The van der Waals surface area contributed by atoms with Crippen LogP contribution in [0.2, 0.25) is 0 Å². The standard InChI is InChI=1S/C19H21NO6/c1-23-16-9-12-6-7-20(19(22)15-5-4-8-26-15)14(11-18(21)25-3)13(12)10-17(16)24-2/h4-5,8-10,14H,6-7,11H2,1-3H3. The quantitative estimate of drug-likeness (QED) is 0.764. The van der Waals surface area contributed by atoms with Gasteiger partial charge in [0.25, 0.3) is 5.91 Å². The molecule has 0 spiro atoms. The van der Waals surface area contributed by atoms with Crippen LogP contribution in [0.1, 0.15) is 34.1 Å². The fourth-order valence-electron chi connectivity index (χ4n) is 3.27. The van der Waals surface area contributed by atoms with Gasteiger partial charge in [0.1, 0.15) is 0 Å². The summed E-state index contributed by atoms with van der Waals surface area (Å²) < 4.78 is 20.8. The maximum absolute atomic E-state index is 12.9. The van der Waals surface area contributed by atoms with Crippen LogP contribution in [-0.4, -0.2) is 44.7 Å². The van der Waals surface area contributed by atoms with Crippen LogP contribution < -0.4 is 9.47 Å². The third kappa shape index (κ3) is 3.24. The summed E-state index contributed by atoms with van der Waals surface area (Å²) in [6, 6.07) is 6.52. The number of nitrogens with zero attached hydrogens (tertiary/aromatic N) is 1. The van der Waals surface area contributed by atoms with Crippen molar-refractivity contribution in [2.24, 2.45) is 0 Å². The normalized spacial score (nSPS) is 16.0. The highest BCUT2D eigenvalue weighted by Gasteiger charge is 2.35. The Morgan fingerprint density at radius 3 is 2.54 bits per heavy atom. The first-order valence-corrected chi connectivity index (χ1v) is 8.25. The Kier molecular flexibility index (Phi) is 5.16. The molecule has 0 aliphatic carbocycles. The summed E-state index contributed by atoms with van der Waals surface area (Å²) in [6.07, 6.45) is 2.14. The van der Waals surface area contributed by atoms with E-state index in [0.717, 1.165) is 11.1 Å². The fourth-order valence-corrected chi connectivity index (χ4v) is 3.27. The summed E-state index contributed by atoms with van der Waals surface area (Å²) in [4.78, 5) is 26.5. The zero-order valence-electron chi connectivity index (χ0n) is 15.0. The fraction of sp³-hybridized carbons (Fsp3) is 0.368. The van der Waals surface area contributed by atoms with E-state index in [1.807, 2.05) is 12.1 Å². The number of benzene rings is 1. The molecule has 3 rings (SSSR count). The molecule has 7 heteroatoms. The first-order chi connectivity index (χ1) is 12.6. The van der Waals surface area contributed by atoms with E-state index in [2.05, 4.69) is 0 Å². The first-order valence-electron chi connectivity index (χ1n) is 8.25. The van der Waals surface area contributed by atoms with Crippen molar-refractivity contribution in [2.45, 2.75) is 18.9 Å². The van der Waals surface area contributed by atoms with Crippen molar-refractivity contribution in [3.63, 3.8) is 0 Å². The molecule has 0 bridgehead atoms. The van der Waals surface area contributed by atoms with Crippen molar-refractivity contribution in [1.29, 1.82) is 0 Å². The Bertz CT molecular complexity index is 799. The van der Waals surface area contributed by atoms with Crippen LogP contribution in [0.25, 0.3) is 0 Å². The van der Waals surface area contributed by atoms with Crippen LogP contribution in [0, 0.1) is 0 Å². The van der Waals surface area contributed by atoms with Crippen LogP contribution in [-0.2, 0) is 16.0 Å². The van der Waals surface area contributed by atoms with Gasteiger partial charge in [0.2, 0.25) is 0 Å². The SMILES string of the molecule is COC(=O)CC1c2cc(OC)c(OC)cc2CCN1C(=O)c1ccco1. The molecule has 1 aliphatic rings. The summed E-state index contributed by atoms with van der Waals surface area (Å²) in [7, 11) is 4.46. The molecule has 0 radical (unpaired) electrons. The molecule has 0 fully saturated rings. The Hall–Kier alpha value is -2.96. The maximum atomic E-state index is 12.9. The summed E-state index contributed by atoms with van der Waals surface area (Å²) >= 11 is 0. The lowest BCUT2D eigenvalue weighted by Gasteiger charge is -2.36. The van der Waals surface area contributed by atoms with Crippen LogP contribution >= 0.6 is 0 Å². The third-order valence-electron chi connectivity index (χ3n) is 4.58. The number of fused-ring (bicyclic) bond motifs is 1. The molecular formula is C19H21NO6. The second-order valence-corrected chi connectivity index (χ2v) is 5.93. The molecule has 1 aromatic carbocycles. The van der Waals surface area contributed by atoms with E-state index in [0.29, 0.717) is 24.5 Å². The molecule has 0 saturated heterocycles. The second kappa shape index (κ2) is 7.51. The maximum Gasteiger partial charge on any atom is 0.307 e. The summed E-state index contributed by atoms with van der Waals surface area (Å²) in [6.45, 7) is 0.462. The van der Waals surface area contributed by atoms with Crippen LogP contribution in [0.3, 0.4) is 0 Å². The van der Waals surface area contributed by atoms with Gasteiger partial charge < -0.3 is 23.5 Å². The highest BCUT2D eigenvalue weighted by atomic mass is 16.5. The number of carbonyl (C=O) groups excluding carboxylic acids is 2. The minimum absolute atomic E-state index is 0.0471.